The number of rotatable bonds is 3. The van der Waals surface area contributed by atoms with Crippen LogP contribution in [0.3, 0.4) is 0 Å². The Kier molecular flexibility index (Phi) is 4.72. The Morgan fingerprint density at radius 2 is 1.80 bits per heavy atom. The monoisotopic (exact) mass is 280 g/mol. The zero-order valence-corrected chi connectivity index (χ0v) is 11.2. The number of piperidine rings is 1. The highest BCUT2D eigenvalue weighted by atomic mass is 16.4. The van der Waals surface area contributed by atoms with E-state index < -0.39 is 36.3 Å². The fourth-order valence-corrected chi connectivity index (χ4v) is 2.30. The number of carbonyl (C=O) groups excluding carboxylic acids is 1. The lowest BCUT2D eigenvalue weighted by Crippen LogP contribution is -2.67. The van der Waals surface area contributed by atoms with E-state index in [9.17, 15) is 20.1 Å². The van der Waals surface area contributed by atoms with Crippen molar-refractivity contribution in [1.82, 2.24) is 10.6 Å². The topological polar surface area (TPSA) is 102 Å². The van der Waals surface area contributed by atoms with E-state index in [4.69, 9.17) is 0 Å². The molecule has 1 aromatic carbocycles. The first-order valence-electron chi connectivity index (χ1n) is 6.62. The van der Waals surface area contributed by atoms with E-state index in [1.165, 1.54) is 0 Å². The Morgan fingerprint density at radius 1 is 1.15 bits per heavy atom. The molecule has 6 heteroatoms. The van der Waals surface area contributed by atoms with Gasteiger partial charge in [-0.2, -0.15) is 0 Å². The van der Waals surface area contributed by atoms with Crippen LogP contribution in [0.5, 0.6) is 0 Å². The quantitative estimate of drug-likeness (QED) is 0.476. The van der Waals surface area contributed by atoms with Crippen molar-refractivity contribution >= 4 is 5.91 Å². The van der Waals surface area contributed by atoms with Gasteiger partial charge >= 0.3 is 0 Å². The third kappa shape index (κ3) is 3.16. The fourth-order valence-electron chi connectivity index (χ4n) is 2.30. The highest BCUT2D eigenvalue weighted by Gasteiger charge is 2.43. The normalized spacial score (nSPS) is 33.7. The van der Waals surface area contributed by atoms with Gasteiger partial charge in [-0.3, -0.25) is 10.1 Å². The minimum atomic E-state index is -1.34. The van der Waals surface area contributed by atoms with Gasteiger partial charge in [0.1, 0.15) is 18.2 Å². The average Bonchev–Trinajstić information content (AvgIpc) is 2.47. The van der Waals surface area contributed by atoms with Gasteiger partial charge in [-0.1, -0.05) is 30.3 Å². The summed E-state index contributed by atoms with van der Waals surface area (Å²) in [5.41, 5.74) is 0.944. The number of hydrogen-bond donors (Lipinski definition) is 5. The van der Waals surface area contributed by atoms with Gasteiger partial charge in [-0.15, -0.1) is 0 Å². The average molecular weight is 280 g/mol. The number of amides is 1. The van der Waals surface area contributed by atoms with Crippen LogP contribution < -0.4 is 10.6 Å². The van der Waals surface area contributed by atoms with Crippen molar-refractivity contribution in [2.45, 2.75) is 43.9 Å². The van der Waals surface area contributed by atoms with Crippen LogP contribution in [0.2, 0.25) is 0 Å². The molecule has 1 aliphatic rings. The summed E-state index contributed by atoms with van der Waals surface area (Å²) in [5, 5.41) is 34.7. The molecule has 0 saturated carbocycles. The number of aliphatic hydroxyl groups excluding tert-OH is 3. The van der Waals surface area contributed by atoms with Crippen LogP contribution in [-0.2, 0) is 11.3 Å². The van der Waals surface area contributed by atoms with E-state index in [2.05, 4.69) is 10.6 Å². The van der Waals surface area contributed by atoms with Crippen molar-refractivity contribution in [2.24, 2.45) is 0 Å². The molecule has 110 valence electrons. The minimum absolute atomic E-state index is 0.345. The van der Waals surface area contributed by atoms with Crippen molar-refractivity contribution in [3.8, 4) is 0 Å². The molecule has 1 heterocycles. The van der Waals surface area contributed by atoms with Crippen molar-refractivity contribution in [3.63, 3.8) is 0 Å². The lowest BCUT2D eigenvalue weighted by molar-refractivity contribution is -0.142. The molecule has 2 rings (SSSR count). The molecule has 5 N–H and O–H groups in total. The highest BCUT2D eigenvalue weighted by molar-refractivity contribution is 5.82. The van der Waals surface area contributed by atoms with E-state index in [0.717, 1.165) is 5.56 Å². The molecule has 5 atom stereocenters. The predicted molar refractivity (Wildman–Crippen MR) is 72.7 cm³/mol. The molecule has 1 aliphatic heterocycles. The van der Waals surface area contributed by atoms with Gasteiger partial charge in [0.2, 0.25) is 5.91 Å². The molecule has 0 radical (unpaired) electrons. The molecule has 6 nitrogen and oxygen atoms in total. The molecule has 20 heavy (non-hydrogen) atoms. The first-order chi connectivity index (χ1) is 9.50. The van der Waals surface area contributed by atoms with Crippen LogP contribution in [0.15, 0.2) is 30.3 Å². The molecule has 1 saturated heterocycles. The van der Waals surface area contributed by atoms with E-state index in [0.29, 0.717) is 6.54 Å². The fraction of sp³-hybridized carbons (Fsp3) is 0.500. The summed E-state index contributed by atoms with van der Waals surface area (Å²) in [4.78, 5) is 12.1. The first-order valence-corrected chi connectivity index (χ1v) is 6.62. The van der Waals surface area contributed by atoms with Gasteiger partial charge in [0.15, 0.2) is 0 Å². The van der Waals surface area contributed by atoms with Gasteiger partial charge < -0.3 is 20.6 Å². The summed E-state index contributed by atoms with van der Waals surface area (Å²) < 4.78 is 0. The number of nitrogens with one attached hydrogen (secondary N) is 2. The third-order valence-electron chi connectivity index (χ3n) is 3.59. The number of aliphatic hydroxyl groups is 3. The van der Waals surface area contributed by atoms with Gasteiger partial charge in [0.05, 0.1) is 6.10 Å². The number of carbonyl (C=O) groups is 1. The number of benzene rings is 1. The van der Waals surface area contributed by atoms with E-state index in [-0.39, 0.29) is 0 Å². The molecule has 0 unspecified atom stereocenters. The Bertz CT molecular complexity index is 454. The maximum Gasteiger partial charge on any atom is 0.240 e. The second kappa shape index (κ2) is 6.32. The summed E-state index contributed by atoms with van der Waals surface area (Å²) in [6.45, 7) is 1.99. The predicted octanol–water partition coefficient (Wildman–Crippen LogP) is -1.25. The van der Waals surface area contributed by atoms with E-state index >= 15 is 0 Å². The van der Waals surface area contributed by atoms with Crippen molar-refractivity contribution in [3.05, 3.63) is 35.9 Å². The number of hydrogen-bond acceptors (Lipinski definition) is 5. The Labute approximate surface area is 117 Å². The van der Waals surface area contributed by atoms with Crippen LogP contribution in [0.25, 0.3) is 0 Å². The van der Waals surface area contributed by atoms with Crippen LogP contribution in [-0.4, -0.2) is 51.6 Å². The van der Waals surface area contributed by atoms with Crippen LogP contribution in [0.1, 0.15) is 12.5 Å². The summed E-state index contributed by atoms with van der Waals surface area (Å²) >= 11 is 0. The minimum Gasteiger partial charge on any atom is -0.389 e. The Morgan fingerprint density at radius 3 is 2.45 bits per heavy atom. The van der Waals surface area contributed by atoms with Crippen LogP contribution in [0, 0.1) is 0 Å². The first kappa shape index (κ1) is 14.9. The van der Waals surface area contributed by atoms with Gasteiger partial charge in [-0.05, 0) is 12.5 Å². The molecule has 0 aromatic heterocycles. The zero-order chi connectivity index (χ0) is 14.7. The maximum atomic E-state index is 12.1. The maximum absolute atomic E-state index is 12.1. The summed E-state index contributed by atoms with van der Waals surface area (Å²) in [5.74, 6) is -0.404. The van der Waals surface area contributed by atoms with Gasteiger partial charge in [-0.25, -0.2) is 0 Å². The molecule has 1 aromatic rings. The van der Waals surface area contributed by atoms with Crippen molar-refractivity contribution in [1.29, 1.82) is 0 Å². The van der Waals surface area contributed by atoms with Gasteiger partial charge in [0.25, 0.3) is 0 Å². The Balaban J connectivity index is 1.95. The Hall–Kier alpha value is -1.47. The molecule has 0 spiro atoms. The standard InChI is InChI=1S/C14H20N2O4/c1-8-11(17)13(19)12(18)10(16-8)14(20)15-7-9-5-3-2-4-6-9/h2-6,8,10-13,16-19H,7H2,1H3,(H,15,20)/t8-,10-,11+,12+,13-/m1/s1. The molecule has 0 aliphatic carbocycles. The van der Waals surface area contributed by atoms with E-state index in [1.54, 1.807) is 6.92 Å². The molecular weight excluding hydrogens is 260 g/mol. The van der Waals surface area contributed by atoms with Crippen molar-refractivity contribution in [2.75, 3.05) is 0 Å². The van der Waals surface area contributed by atoms with Crippen LogP contribution in [0.4, 0.5) is 0 Å². The lowest BCUT2D eigenvalue weighted by Gasteiger charge is -2.39. The lowest BCUT2D eigenvalue weighted by atomic mass is 9.90. The second-order valence-electron chi connectivity index (χ2n) is 5.11. The molecule has 1 amide bonds. The van der Waals surface area contributed by atoms with Gasteiger partial charge in [0, 0.05) is 12.6 Å². The summed E-state index contributed by atoms with van der Waals surface area (Å²) in [6.07, 6.45) is -3.76. The van der Waals surface area contributed by atoms with Crippen LogP contribution >= 0.6 is 0 Å². The molecular formula is C14H20N2O4. The molecule has 1 fully saturated rings. The van der Waals surface area contributed by atoms with E-state index in [1.807, 2.05) is 30.3 Å². The molecule has 0 bridgehead atoms. The zero-order valence-electron chi connectivity index (χ0n) is 11.2. The smallest absolute Gasteiger partial charge is 0.240 e. The highest BCUT2D eigenvalue weighted by Crippen LogP contribution is 2.15. The summed E-state index contributed by atoms with van der Waals surface area (Å²) in [7, 11) is 0. The second-order valence-corrected chi connectivity index (χ2v) is 5.11. The summed E-state index contributed by atoms with van der Waals surface area (Å²) in [6, 6.07) is 7.98. The largest absolute Gasteiger partial charge is 0.389 e. The SMILES string of the molecule is C[C@H]1N[C@@H](C(=O)NCc2ccccc2)[C@H](O)[C@H](O)[C@H]1O. The van der Waals surface area contributed by atoms with Crippen molar-refractivity contribution < 1.29 is 20.1 Å². The third-order valence-corrected chi connectivity index (χ3v) is 3.59.